The van der Waals surface area contributed by atoms with Crippen LogP contribution in [0.25, 0.3) is 11.4 Å². The van der Waals surface area contributed by atoms with E-state index in [4.69, 9.17) is 4.52 Å². The van der Waals surface area contributed by atoms with Gasteiger partial charge < -0.3 is 14.7 Å². The molecule has 0 radical (unpaired) electrons. The molecule has 37 heavy (non-hydrogen) atoms. The second-order valence-corrected chi connectivity index (χ2v) is 9.56. The quantitative estimate of drug-likeness (QED) is 0.396. The van der Waals surface area contributed by atoms with Crippen molar-refractivity contribution in [3.05, 3.63) is 65.0 Å². The number of amides is 2. The smallest absolute Gasteiger partial charge is 0.256 e. The summed E-state index contributed by atoms with van der Waals surface area (Å²) in [6, 6.07) is 14.0. The molecule has 4 rings (SSSR count). The Labute approximate surface area is 218 Å². The predicted molar refractivity (Wildman–Crippen MR) is 142 cm³/mol. The van der Waals surface area contributed by atoms with E-state index in [1.807, 2.05) is 47.2 Å². The molecule has 1 aliphatic rings. The Kier molecular flexibility index (Phi) is 8.55. The number of benzene rings is 2. The van der Waals surface area contributed by atoms with E-state index in [0.717, 1.165) is 36.1 Å². The maximum Gasteiger partial charge on any atom is 0.256 e. The average molecular weight is 505 g/mol. The number of aromatic nitrogens is 2. The summed E-state index contributed by atoms with van der Waals surface area (Å²) >= 11 is 0. The van der Waals surface area contributed by atoms with Gasteiger partial charge in [-0.15, -0.1) is 0 Å². The van der Waals surface area contributed by atoms with Crippen LogP contribution in [0.2, 0.25) is 0 Å². The summed E-state index contributed by atoms with van der Waals surface area (Å²) in [5.74, 6) is 0.747. The molecule has 0 unspecified atom stereocenters. The minimum Gasteiger partial charge on any atom is -0.355 e. The van der Waals surface area contributed by atoms with Gasteiger partial charge >= 0.3 is 0 Å². The summed E-state index contributed by atoms with van der Waals surface area (Å²) in [7, 11) is 1.79. The van der Waals surface area contributed by atoms with Gasteiger partial charge in [0.05, 0.1) is 13.1 Å². The molecule has 0 saturated heterocycles. The van der Waals surface area contributed by atoms with E-state index < -0.39 is 0 Å². The summed E-state index contributed by atoms with van der Waals surface area (Å²) in [5.41, 5.74) is 4.96. The zero-order valence-electron chi connectivity index (χ0n) is 22.2. The van der Waals surface area contributed by atoms with Crippen molar-refractivity contribution in [3.63, 3.8) is 0 Å². The molecule has 1 aliphatic heterocycles. The number of carbonyl (C=O) groups is 2. The van der Waals surface area contributed by atoms with Crippen LogP contribution in [0, 0.1) is 13.8 Å². The number of nitrogens with zero attached hydrogens (tertiary/aromatic N) is 5. The molecule has 0 bridgehead atoms. The van der Waals surface area contributed by atoms with Crippen LogP contribution in [0.3, 0.4) is 0 Å². The number of rotatable bonds is 11. The lowest BCUT2D eigenvalue weighted by Gasteiger charge is -2.32. The van der Waals surface area contributed by atoms with Crippen molar-refractivity contribution >= 4 is 17.5 Å². The number of fused-ring (bicyclic) bond motifs is 1. The standard InChI is InChI=1S/C28H36N6O3/c1-5-6-9-14-29-26(35)18-33(25-15-22(13-12-20(25)2)28-30-21(3)37-31-28)19-27(36)32(4)34-16-23-10-7-8-11-24(23)17-34/h7-8,10-13,15H,5-6,9,14,16-19H2,1-4H3,(H,29,35). The Bertz CT molecular complexity index is 1220. The van der Waals surface area contributed by atoms with Gasteiger partial charge in [-0.25, -0.2) is 5.01 Å². The summed E-state index contributed by atoms with van der Waals surface area (Å²) in [4.78, 5) is 32.5. The summed E-state index contributed by atoms with van der Waals surface area (Å²) in [5, 5.41) is 10.7. The third-order valence-corrected chi connectivity index (χ3v) is 6.71. The average Bonchev–Trinajstić information content (AvgIpc) is 3.52. The highest BCUT2D eigenvalue weighted by atomic mass is 16.5. The van der Waals surface area contributed by atoms with Crippen LogP contribution < -0.4 is 10.2 Å². The number of likely N-dealkylation sites (N-methyl/N-ethyl adjacent to an activating group) is 1. The molecule has 196 valence electrons. The van der Waals surface area contributed by atoms with Crippen molar-refractivity contribution in [3.8, 4) is 11.4 Å². The van der Waals surface area contributed by atoms with Gasteiger partial charge in [0.25, 0.3) is 5.91 Å². The molecule has 1 aromatic heterocycles. The molecular formula is C28H36N6O3. The van der Waals surface area contributed by atoms with Gasteiger partial charge in [0.2, 0.25) is 17.6 Å². The highest BCUT2D eigenvalue weighted by molar-refractivity contribution is 5.87. The predicted octanol–water partition coefficient (Wildman–Crippen LogP) is 3.86. The normalized spacial score (nSPS) is 12.9. The Morgan fingerprint density at radius 3 is 2.43 bits per heavy atom. The van der Waals surface area contributed by atoms with E-state index in [9.17, 15) is 9.59 Å². The maximum absolute atomic E-state index is 13.5. The Morgan fingerprint density at radius 1 is 1.05 bits per heavy atom. The van der Waals surface area contributed by atoms with Crippen LogP contribution >= 0.6 is 0 Å². The molecule has 0 saturated carbocycles. The van der Waals surface area contributed by atoms with Crippen LogP contribution in [0.15, 0.2) is 47.0 Å². The van der Waals surface area contributed by atoms with Crippen LogP contribution in [0.5, 0.6) is 0 Å². The first-order chi connectivity index (χ1) is 17.9. The second-order valence-electron chi connectivity index (χ2n) is 9.56. The van der Waals surface area contributed by atoms with Crippen molar-refractivity contribution < 1.29 is 14.1 Å². The molecule has 0 spiro atoms. The first-order valence-corrected chi connectivity index (χ1v) is 12.9. The summed E-state index contributed by atoms with van der Waals surface area (Å²) < 4.78 is 5.15. The SMILES string of the molecule is CCCCCNC(=O)CN(CC(=O)N(C)N1Cc2ccccc2C1)c1cc(-c2noc(C)n2)ccc1C. The third-order valence-electron chi connectivity index (χ3n) is 6.71. The highest BCUT2D eigenvalue weighted by Crippen LogP contribution is 2.28. The lowest BCUT2D eigenvalue weighted by atomic mass is 10.1. The zero-order valence-corrected chi connectivity index (χ0v) is 22.2. The van der Waals surface area contributed by atoms with E-state index in [1.165, 1.54) is 11.1 Å². The second kappa shape index (κ2) is 12.0. The molecule has 0 atom stereocenters. The number of hydrogen-bond donors (Lipinski definition) is 1. The molecule has 9 nitrogen and oxygen atoms in total. The van der Waals surface area contributed by atoms with Crippen LogP contribution in [-0.4, -0.2) is 58.7 Å². The number of carbonyl (C=O) groups excluding carboxylic acids is 2. The number of anilines is 1. The fraction of sp³-hybridized carbons (Fsp3) is 0.429. The van der Waals surface area contributed by atoms with E-state index in [1.54, 1.807) is 19.0 Å². The highest BCUT2D eigenvalue weighted by Gasteiger charge is 2.27. The van der Waals surface area contributed by atoms with Gasteiger partial charge in [0.15, 0.2) is 0 Å². The molecule has 1 N–H and O–H groups in total. The summed E-state index contributed by atoms with van der Waals surface area (Å²) in [6.07, 6.45) is 3.09. The van der Waals surface area contributed by atoms with Crippen LogP contribution in [-0.2, 0) is 22.7 Å². The van der Waals surface area contributed by atoms with Crippen molar-refractivity contribution in [2.75, 3.05) is 31.6 Å². The Hall–Kier alpha value is -3.72. The lowest BCUT2D eigenvalue weighted by molar-refractivity contribution is -0.145. The molecule has 0 aliphatic carbocycles. The van der Waals surface area contributed by atoms with Gasteiger partial charge in [-0.3, -0.25) is 14.6 Å². The minimum absolute atomic E-state index is 0.0568. The maximum atomic E-state index is 13.5. The molecule has 2 aromatic carbocycles. The Morgan fingerprint density at radius 2 is 1.78 bits per heavy atom. The minimum atomic E-state index is -0.111. The monoisotopic (exact) mass is 504 g/mol. The van der Waals surface area contributed by atoms with E-state index in [0.29, 0.717) is 31.3 Å². The topological polar surface area (TPSA) is 94.8 Å². The van der Waals surface area contributed by atoms with Gasteiger partial charge in [-0.05, 0) is 36.1 Å². The van der Waals surface area contributed by atoms with Gasteiger partial charge in [-0.2, -0.15) is 4.98 Å². The number of aryl methyl sites for hydroxylation is 2. The largest absolute Gasteiger partial charge is 0.355 e. The molecular weight excluding hydrogens is 468 g/mol. The number of hydrazine groups is 1. The van der Waals surface area contributed by atoms with Crippen molar-refractivity contribution in [1.82, 2.24) is 25.5 Å². The zero-order chi connectivity index (χ0) is 26.4. The number of hydrogen-bond acceptors (Lipinski definition) is 7. The number of nitrogens with one attached hydrogen (secondary N) is 1. The van der Waals surface area contributed by atoms with E-state index in [-0.39, 0.29) is 24.9 Å². The lowest BCUT2D eigenvalue weighted by Crippen LogP contribution is -2.48. The van der Waals surface area contributed by atoms with Crippen molar-refractivity contribution in [1.29, 1.82) is 0 Å². The molecule has 2 amide bonds. The van der Waals surface area contributed by atoms with E-state index >= 15 is 0 Å². The van der Waals surface area contributed by atoms with Gasteiger partial charge in [0.1, 0.15) is 0 Å². The van der Waals surface area contributed by atoms with Gasteiger partial charge in [0, 0.05) is 44.9 Å². The first kappa shape index (κ1) is 26.3. The van der Waals surface area contributed by atoms with Crippen molar-refractivity contribution in [2.24, 2.45) is 0 Å². The van der Waals surface area contributed by atoms with E-state index in [2.05, 4.69) is 34.5 Å². The Balaban J connectivity index is 1.53. The fourth-order valence-electron chi connectivity index (χ4n) is 4.51. The van der Waals surface area contributed by atoms with Crippen molar-refractivity contribution in [2.45, 2.75) is 53.1 Å². The molecule has 2 heterocycles. The first-order valence-electron chi connectivity index (χ1n) is 12.9. The summed E-state index contributed by atoms with van der Waals surface area (Å²) in [6.45, 7) is 7.96. The molecule has 0 fully saturated rings. The van der Waals surface area contributed by atoms with Crippen LogP contribution in [0.1, 0.15) is 48.8 Å². The van der Waals surface area contributed by atoms with Gasteiger partial charge in [-0.1, -0.05) is 61.3 Å². The number of unbranched alkanes of at least 4 members (excludes halogenated alkanes) is 2. The third kappa shape index (κ3) is 6.54. The molecule has 3 aromatic rings. The molecule has 9 heteroatoms. The fourth-order valence-corrected chi connectivity index (χ4v) is 4.51. The van der Waals surface area contributed by atoms with Crippen LogP contribution in [0.4, 0.5) is 5.69 Å².